The number of benzene rings is 4. The van der Waals surface area contributed by atoms with Gasteiger partial charge in [-0.2, -0.15) is 4.31 Å². The van der Waals surface area contributed by atoms with Crippen molar-refractivity contribution in [2.24, 2.45) is 0 Å². The Morgan fingerprint density at radius 3 is 1.88 bits per heavy atom. The number of unbranched alkanes of at least 4 members (excludes halogenated alkanes) is 2. The van der Waals surface area contributed by atoms with Gasteiger partial charge in [0.05, 0.1) is 17.3 Å². The first-order valence-electron chi connectivity index (χ1n) is 18.5. The minimum Gasteiger partial charge on any atom is -0.490 e. The Bertz CT molecular complexity index is 1830. The molecule has 1 saturated heterocycles. The second-order valence-corrected chi connectivity index (χ2v) is 21.5. The molecule has 0 spiro atoms. The molecule has 7 nitrogen and oxygen atoms in total. The average molecular weight is 740 g/mol. The normalized spacial score (nSPS) is 20.3. The van der Waals surface area contributed by atoms with Gasteiger partial charge in [-0.05, 0) is 65.9 Å². The van der Waals surface area contributed by atoms with Crippen molar-refractivity contribution in [3.63, 3.8) is 0 Å². The van der Waals surface area contributed by atoms with Gasteiger partial charge in [0.15, 0.2) is 5.79 Å². The van der Waals surface area contributed by atoms with Crippen molar-refractivity contribution in [2.45, 2.75) is 101 Å². The Hall–Kier alpha value is -3.57. The van der Waals surface area contributed by atoms with Crippen LogP contribution in [-0.2, 0) is 35.2 Å². The molecule has 0 unspecified atom stereocenters. The summed E-state index contributed by atoms with van der Waals surface area (Å²) >= 11 is 0. The summed E-state index contributed by atoms with van der Waals surface area (Å²) in [7, 11) is -6.45. The lowest BCUT2D eigenvalue weighted by Crippen LogP contribution is -2.67. The van der Waals surface area contributed by atoms with E-state index in [0.29, 0.717) is 31.0 Å². The Morgan fingerprint density at radius 1 is 0.750 bits per heavy atom. The average Bonchev–Trinajstić information content (AvgIpc) is 3.46. The molecule has 4 aromatic carbocycles. The fourth-order valence-corrected chi connectivity index (χ4v) is 13.6. The third-order valence-corrected chi connectivity index (χ3v) is 16.8. The molecule has 2 heterocycles. The molecule has 9 heteroatoms. The highest BCUT2D eigenvalue weighted by Crippen LogP contribution is 2.40. The highest BCUT2D eigenvalue weighted by molar-refractivity contribution is 7.89. The number of hydrogen-bond acceptors (Lipinski definition) is 6. The van der Waals surface area contributed by atoms with Gasteiger partial charge in [0.25, 0.3) is 8.32 Å². The third kappa shape index (κ3) is 8.62. The molecule has 2 aliphatic rings. The zero-order valence-corrected chi connectivity index (χ0v) is 32.9. The topological polar surface area (TPSA) is 74.3 Å². The molecule has 276 valence electrons. The number of nitrogens with zero attached hydrogens (tertiary/aromatic N) is 1. The minimum absolute atomic E-state index is 0.170. The van der Waals surface area contributed by atoms with E-state index in [1.54, 1.807) is 28.6 Å². The van der Waals surface area contributed by atoms with Crippen molar-refractivity contribution in [3.05, 3.63) is 139 Å². The fourth-order valence-electron chi connectivity index (χ4n) is 7.53. The van der Waals surface area contributed by atoms with Crippen LogP contribution in [0.1, 0.15) is 65.9 Å². The number of allylic oxidation sites excluding steroid dienone is 1. The van der Waals surface area contributed by atoms with E-state index in [2.05, 4.69) is 87.5 Å². The van der Waals surface area contributed by atoms with Gasteiger partial charge in [-0.15, -0.1) is 0 Å². The van der Waals surface area contributed by atoms with E-state index < -0.39 is 24.1 Å². The van der Waals surface area contributed by atoms with Gasteiger partial charge in [0.1, 0.15) is 18.3 Å². The van der Waals surface area contributed by atoms with Crippen LogP contribution >= 0.6 is 0 Å². The van der Waals surface area contributed by atoms with Crippen LogP contribution in [0.4, 0.5) is 0 Å². The summed E-state index contributed by atoms with van der Waals surface area (Å²) in [6, 6.07) is 39.7. The third-order valence-electron chi connectivity index (χ3n) is 9.98. The summed E-state index contributed by atoms with van der Waals surface area (Å²) in [6.45, 7) is 11.8. The summed E-state index contributed by atoms with van der Waals surface area (Å²) in [6.07, 6.45) is 4.30. The SMILES string of the molecule is CC1(C)O[C@@H]2[C@@H](C=C(CCCCCN(Cc3ccccc3)S(=O)(=O)c3ccccc3)O[C@@H]2CO[Si](c2ccccc2)(c2ccccc2)C(C)(C)C)O1. The Morgan fingerprint density at radius 2 is 1.31 bits per heavy atom. The van der Waals surface area contributed by atoms with Crippen LogP contribution in [-0.4, -0.2) is 58.3 Å². The summed E-state index contributed by atoms with van der Waals surface area (Å²) in [4.78, 5) is 0.314. The van der Waals surface area contributed by atoms with E-state index in [1.165, 1.54) is 10.4 Å². The predicted molar refractivity (Wildman–Crippen MR) is 209 cm³/mol. The Kier molecular flexibility index (Phi) is 11.9. The van der Waals surface area contributed by atoms with Crippen molar-refractivity contribution >= 4 is 28.7 Å². The largest absolute Gasteiger partial charge is 0.490 e. The van der Waals surface area contributed by atoms with Gasteiger partial charge in [-0.1, -0.05) is 136 Å². The smallest absolute Gasteiger partial charge is 0.261 e. The zero-order chi connectivity index (χ0) is 36.8. The highest BCUT2D eigenvalue weighted by atomic mass is 32.2. The quantitative estimate of drug-likeness (QED) is 0.0915. The molecular formula is C43H53NO6SSi. The number of rotatable bonds is 15. The molecule has 2 aliphatic heterocycles. The monoisotopic (exact) mass is 739 g/mol. The number of ether oxygens (including phenoxy) is 3. The van der Waals surface area contributed by atoms with Gasteiger partial charge < -0.3 is 18.6 Å². The first-order valence-corrected chi connectivity index (χ1v) is 21.8. The lowest BCUT2D eigenvalue weighted by Gasteiger charge is -2.44. The second kappa shape index (κ2) is 16.2. The molecule has 3 atom stereocenters. The van der Waals surface area contributed by atoms with E-state index in [0.717, 1.165) is 30.6 Å². The van der Waals surface area contributed by atoms with Crippen LogP contribution in [0.2, 0.25) is 5.04 Å². The van der Waals surface area contributed by atoms with E-state index >= 15 is 0 Å². The molecule has 0 bridgehead atoms. The van der Waals surface area contributed by atoms with E-state index in [9.17, 15) is 8.42 Å². The van der Waals surface area contributed by atoms with Crippen LogP contribution in [0.15, 0.2) is 138 Å². The maximum absolute atomic E-state index is 13.7. The highest BCUT2D eigenvalue weighted by Gasteiger charge is 2.53. The van der Waals surface area contributed by atoms with Gasteiger partial charge in [-0.3, -0.25) is 0 Å². The first-order chi connectivity index (χ1) is 24.9. The van der Waals surface area contributed by atoms with Crippen LogP contribution in [0, 0.1) is 0 Å². The van der Waals surface area contributed by atoms with Crippen LogP contribution in [0.25, 0.3) is 0 Å². The lowest BCUT2D eigenvalue weighted by molar-refractivity contribution is -0.155. The van der Waals surface area contributed by atoms with Crippen molar-refractivity contribution < 1.29 is 27.1 Å². The molecule has 1 fully saturated rings. The van der Waals surface area contributed by atoms with Crippen LogP contribution in [0.5, 0.6) is 0 Å². The number of fused-ring (bicyclic) bond motifs is 1. The Labute approximate surface area is 311 Å². The van der Waals surface area contributed by atoms with Crippen molar-refractivity contribution in [3.8, 4) is 0 Å². The van der Waals surface area contributed by atoms with Crippen molar-refractivity contribution in [2.75, 3.05) is 13.2 Å². The molecule has 0 amide bonds. The minimum atomic E-state index is -3.65. The molecule has 6 rings (SSSR count). The number of hydrogen-bond donors (Lipinski definition) is 0. The molecule has 0 N–H and O–H groups in total. The first kappa shape index (κ1) is 38.2. The van der Waals surface area contributed by atoms with E-state index in [-0.39, 0.29) is 23.4 Å². The predicted octanol–water partition coefficient (Wildman–Crippen LogP) is 7.82. The molecule has 0 aromatic heterocycles. The molecule has 0 aliphatic carbocycles. The summed E-state index contributed by atoms with van der Waals surface area (Å²) in [5.74, 6) is 0.129. The molecule has 52 heavy (non-hydrogen) atoms. The molecule has 0 saturated carbocycles. The van der Waals surface area contributed by atoms with Crippen LogP contribution < -0.4 is 10.4 Å². The maximum Gasteiger partial charge on any atom is 0.261 e. The number of sulfonamides is 1. The van der Waals surface area contributed by atoms with Gasteiger partial charge >= 0.3 is 0 Å². The van der Waals surface area contributed by atoms with Gasteiger partial charge in [0, 0.05) is 19.5 Å². The second-order valence-electron chi connectivity index (χ2n) is 15.3. The summed E-state index contributed by atoms with van der Waals surface area (Å²) in [5.41, 5.74) is 0.963. The summed E-state index contributed by atoms with van der Waals surface area (Å²) in [5, 5.41) is 2.27. The van der Waals surface area contributed by atoms with Crippen molar-refractivity contribution in [1.82, 2.24) is 4.31 Å². The van der Waals surface area contributed by atoms with E-state index in [4.69, 9.17) is 18.6 Å². The molecule has 0 radical (unpaired) electrons. The van der Waals surface area contributed by atoms with Crippen LogP contribution in [0.3, 0.4) is 0 Å². The molecule has 4 aromatic rings. The molecular weight excluding hydrogens is 687 g/mol. The Balaban J connectivity index is 1.15. The lowest BCUT2D eigenvalue weighted by atomic mass is 10.0. The maximum atomic E-state index is 13.7. The van der Waals surface area contributed by atoms with E-state index in [1.807, 2.05) is 50.2 Å². The fraction of sp³-hybridized carbons (Fsp3) is 0.395. The summed E-state index contributed by atoms with van der Waals surface area (Å²) < 4.78 is 55.8. The standard InChI is InChI=1S/C43H53NO6SSi/c1-42(2,3)52(37-26-16-8-17-27-37,38-28-18-9-19-29-38)47-33-40-41-39(49-43(4,5)50-41)31-35(48-40)23-13-10-20-30-44(32-34-21-11-6-12-22-34)51(45,46)36-24-14-7-15-25-36/h6-9,11-12,14-19,21-22,24-29,31,39-41H,10,13,20,23,30,32-33H2,1-5H3/t39-,40-,41-/m1/s1. The zero-order valence-electron chi connectivity index (χ0n) is 31.1. The van der Waals surface area contributed by atoms with Crippen molar-refractivity contribution in [1.29, 1.82) is 0 Å². The van der Waals surface area contributed by atoms with Gasteiger partial charge in [-0.25, -0.2) is 8.42 Å². The van der Waals surface area contributed by atoms with Gasteiger partial charge in [0.2, 0.25) is 10.0 Å².